The van der Waals surface area contributed by atoms with E-state index < -0.39 is 21.8 Å². The molecule has 0 bridgehead atoms. The van der Waals surface area contributed by atoms with Crippen molar-refractivity contribution in [3.63, 3.8) is 0 Å². The van der Waals surface area contributed by atoms with Gasteiger partial charge in [0.2, 0.25) is 0 Å². The van der Waals surface area contributed by atoms with Crippen LogP contribution in [-0.4, -0.2) is 0 Å². The van der Waals surface area contributed by atoms with Crippen molar-refractivity contribution < 1.29 is 21.8 Å². The molecule has 2 aliphatic carbocycles. The molecular weight excluding hydrogens is 295 g/mol. The number of rotatable bonds is 3. The van der Waals surface area contributed by atoms with E-state index in [1.165, 1.54) is 12.0 Å². The van der Waals surface area contributed by atoms with Gasteiger partial charge in [-0.1, -0.05) is 0 Å². The monoisotopic (exact) mass is 313 g/mol. The Labute approximate surface area is 118 Å². The van der Waals surface area contributed by atoms with Crippen LogP contribution in [0.1, 0.15) is 35.0 Å². The van der Waals surface area contributed by atoms with Crippen LogP contribution in [0.25, 0.3) is 6.08 Å². The summed E-state index contributed by atoms with van der Waals surface area (Å²) in [6.07, 6.45) is 13.0. The van der Waals surface area contributed by atoms with Crippen LogP contribution in [0.2, 0.25) is 3.63 Å². The van der Waals surface area contributed by atoms with Crippen LogP contribution in [0.3, 0.4) is 0 Å². The fourth-order valence-corrected chi connectivity index (χ4v) is 11.5. The molecule has 0 fully saturated rings. The molecule has 0 N–H and O–H groups in total. The minimum atomic E-state index is -1.59. The number of allylic oxidation sites excluding steroid dienone is 5. The van der Waals surface area contributed by atoms with Gasteiger partial charge in [0.25, 0.3) is 0 Å². The maximum atomic E-state index is 2.48. The number of benzene rings is 1. The summed E-state index contributed by atoms with van der Waals surface area (Å²) in [5.74, 6) is 0. The van der Waals surface area contributed by atoms with E-state index in [1.807, 2.05) is 0 Å². The molecule has 0 aromatic heterocycles. The Balaban J connectivity index is 1.96. The molecule has 0 nitrogen and oxygen atoms in total. The van der Waals surface area contributed by atoms with Gasteiger partial charge < -0.3 is 0 Å². The van der Waals surface area contributed by atoms with Gasteiger partial charge in [-0.2, -0.15) is 0 Å². The minimum absolute atomic E-state index is 0.759. The van der Waals surface area contributed by atoms with Gasteiger partial charge in [-0.15, -0.1) is 0 Å². The van der Waals surface area contributed by atoms with E-state index in [2.05, 4.69) is 68.5 Å². The van der Waals surface area contributed by atoms with E-state index in [4.69, 9.17) is 0 Å². The fraction of sp³-hybridized carbons (Fsp3) is 0.294. The molecule has 0 radical (unpaired) electrons. The van der Waals surface area contributed by atoms with E-state index in [0.717, 1.165) is 7.25 Å². The van der Waals surface area contributed by atoms with Crippen LogP contribution in [0.4, 0.5) is 0 Å². The Hall–Kier alpha value is -0.677. The first kappa shape index (κ1) is 12.4. The van der Waals surface area contributed by atoms with Crippen molar-refractivity contribution >= 4 is 6.08 Å². The average molecular weight is 315 g/mol. The van der Waals surface area contributed by atoms with Gasteiger partial charge in [0.1, 0.15) is 0 Å². The predicted octanol–water partition coefficient (Wildman–Crippen LogP) is 5.04. The normalized spacial score (nSPS) is 20.4. The molecule has 0 aliphatic heterocycles. The van der Waals surface area contributed by atoms with Gasteiger partial charge in [0.05, 0.1) is 0 Å². The van der Waals surface area contributed by atoms with Crippen LogP contribution < -0.4 is 0 Å². The third-order valence-electron chi connectivity index (χ3n) is 3.90. The van der Waals surface area contributed by atoms with Crippen molar-refractivity contribution in [2.75, 3.05) is 0 Å². The summed E-state index contributed by atoms with van der Waals surface area (Å²) >= 11 is -1.59. The molecule has 3 rings (SSSR count). The third kappa shape index (κ3) is 2.14. The van der Waals surface area contributed by atoms with Crippen LogP contribution in [-0.2, 0) is 21.8 Å². The first-order chi connectivity index (χ1) is 8.77. The first-order valence-electron chi connectivity index (χ1n) is 6.77. The molecule has 0 saturated carbocycles. The Morgan fingerprint density at radius 3 is 2.78 bits per heavy atom. The van der Waals surface area contributed by atoms with Gasteiger partial charge in [-0.3, -0.25) is 0 Å². The molecule has 2 aliphatic rings. The van der Waals surface area contributed by atoms with Crippen molar-refractivity contribution in [2.45, 2.75) is 27.5 Å². The first-order valence-corrected chi connectivity index (χ1v) is 10.8. The zero-order chi connectivity index (χ0) is 12.5. The Kier molecular flexibility index (Phi) is 3.53. The average Bonchev–Trinajstić information content (AvgIpc) is 3.00. The summed E-state index contributed by atoms with van der Waals surface area (Å²) in [7, 11) is 0. The summed E-state index contributed by atoms with van der Waals surface area (Å²) in [6, 6.07) is 8.95. The van der Waals surface area contributed by atoms with E-state index >= 15 is 0 Å². The molecule has 18 heavy (non-hydrogen) atoms. The van der Waals surface area contributed by atoms with Gasteiger partial charge >= 0.3 is 118 Å². The van der Waals surface area contributed by atoms with Gasteiger partial charge in [-0.05, 0) is 0 Å². The Bertz CT molecular complexity index is 534. The Morgan fingerprint density at radius 2 is 2.06 bits per heavy atom. The zero-order valence-electron chi connectivity index (χ0n) is 11.1. The quantitative estimate of drug-likeness (QED) is 0.733. The van der Waals surface area contributed by atoms with Crippen molar-refractivity contribution in [1.82, 2.24) is 0 Å². The number of hydrogen-bond acceptors (Lipinski definition) is 0. The van der Waals surface area contributed by atoms with Gasteiger partial charge in [-0.25, -0.2) is 0 Å². The van der Waals surface area contributed by atoms with Gasteiger partial charge in [0.15, 0.2) is 0 Å². The van der Waals surface area contributed by atoms with E-state index in [1.54, 1.807) is 8.84 Å². The second-order valence-electron chi connectivity index (χ2n) is 5.40. The SMILES string of the molecule is C[CH](C)[Zr]([C]1=CC=CC1)[CH]1C=Cc2ccccc21. The molecule has 91 valence electrons. The summed E-state index contributed by atoms with van der Waals surface area (Å²) < 4.78 is 3.42. The maximum absolute atomic E-state index is 2.48. The Morgan fingerprint density at radius 1 is 1.22 bits per heavy atom. The molecule has 0 amide bonds. The second-order valence-corrected chi connectivity index (χ2v) is 13.6. The fourth-order valence-electron chi connectivity index (χ4n) is 3.11. The van der Waals surface area contributed by atoms with Crippen molar-refractivity contribution in [2.24, 2.45) is 0 Å². The van der Waals surface area contributed by atoms with Crippen molar-refractivity contribution in [1.29, 1.82) is 0 Å². The predicted molar refractivity (Wildman–Crippen MR) is 75.2 cm³/mol. The molecule has 1 unspecified atom stereocenters. The second kappa shape index (κ2) is 5.13. The topological polar surface area (TPSA) is 0 Å². The standard InChI is InChI=1S/C9H7.C5H5.C3H7.Zr/c1-2-5-9-7-3-6-8(9)4-1;1-2-4-5-3-1;1-3-2;/h1-7H;1-3H,4H2;3H,1-2H3;. The van der Waals surface area contributed by atoms with E-state index in [-0.39, 0.29) is 0 Å². The molecular formula is C17H19Zr. The molecule has 1 heteroatoms. The molecule has 1 atom stereocenters. The zero-order valence-corrected chi connectivity index (χ0v) is 13.5. The number of hydrogen-bond donors (Lipinski definition) is 0. The van der Waals surface area contributed by atoms with Crippen LogP contribution in [0, 0.1) is 0 Å². The summed E-state index contributed by atoms with van der Waals surface area (Å²) in [6.45, 7) is 4.87. The van der Waals surface area contributed by atoms with Crippen molar-refractivity contribution in [3.8, 4) is 0 Å². The summed E-state index contributed by atoms with van der Waals surface area (Å²) in [5, 5.41) is 0. The van der Waals surface area contributed by atoms with Crippen molar-refractivity contribution in [3.05, 3.63) is 63.0 Å². The molecule has 0 spiro atoms. The summed E-state index contributed by atoms with van der Waals surface area (Å²) in [5.41, 5.74) is 3.04. The molecule has 1 aromatic carbocycles. The van der Waals surface area contributed by atoms with E-state index in [0.29, 0.717) is 0 Å². The molecule has 1 aromatic rings. The third-order valence-corrected chi connectivity index (χ3v) is 12.6. The van der Waals surface area contributed by atoms with Crippen LogP contribution in [0.15, 0.2) is 51.9 Å². The van der Waals surface area contributed by atoms with Crippen LogP contribution >= 0.6 is 0 Å². The van der Waals surface area contributed by atoms with Crippen LogP contribution in [0.5, 0.6) is 0 Å². The van der Waals surface area contributed by atoms with E-state index in [9.17, 15) is 0 Å². The molecule has 0 saturated heterocycles. The number of fused-ring (bicyclic) bond motifs is 1. The summed E-state index contributed by atoms with van der Waals surface area (Å²) in [4.78, 5) is 0. The molecule has 0 heterocycles. The van der Waals surface area contributed by atoms with Gasteiger partial charge in [0, 0.05) is 0 Å².